The van der Waals surface area contributed by atoms with Crippen molar-refractivity contribution in [3.63, 3.8) is 0 Å². The van der Waals surface area contributed by atoms with Crippen LogP contribution in [0.1, 0.15) is 13.3 Å². The van der Waals surface area contributed by atoms with Crippen molar-refractivity contribution in [2.45, 2.75) is 13.3 Å². The Morgan fingerprint density at radius 1 is 1.55 bits per heavy atom. The standard InChI is InChI=1S/C6H11FO4/c1-6(3-8,4-9)2-5(10)11-7/h8-9H,2-4H2,1H3. The first kappa shape index (κ1) is 10.3. The summed E-state index contributed by atoms with van der Waals surface area (Å²) in [5.41, 5.74) is -0.997. The highest BCUT2D eigenvalue weighted by molar-refractivity contribution is 5.69. The second-order valence-corrected chi connectivity index (χ2v) is 2.75. The Bertz CT molecular complexity index is 133. The summed E-state index contributed by atoms with van der Waals surface area (Å²) < 4.78 is 11.2. The average Bonchev–Trinajstić information content (AvgIpc) is 2.04. The number of hydrogen-bond donors (Lipinski definition) is 2. The average molecular weight is 166 g/mol. The van der Waals surface area contributed by atoms with Gasteiger partial charge in [0.2, 0.25) is 0 Å². The molecule has 0 aliphatic carbocycles. The zero-order chi connectivity index (χ0) is 8.91. The molecule has 0 aromatic heterocycles. The predicted octanol–water partition coefficient (Wildman–Crippen LogP) is -0.205. The van der Waals surface area contributed by atoms with Crippen LogP contribution in [0.2, 0.25) is 0 Å². The first-order valence-corrected chi connectivity index (χ1v) is 3.11. The maximum atomic E-state index is 11.2. The molecule has 5 heteroatoms. The molecule has 4 nitrogen and oxygen atoms in total. The molecule has 0 heterocycles. The summed E-state index contributed by atoms with van der Waals surface area (Å²) in [6.07, 6.45) is -0.337. The van der Waals surface area contributed by atoms with E-state index in [0.717, 1.165) is 0 Å². The first-order valence-electron chi connectivity index (χ1n) is 3.11. The highest BCUT2D eigenvalue weighted by Gasteiger charge is 2.27. The number of rotatable bonds is 4. The van der Waals surface area contributed by atoms with Gasteiger partial charge in [-0.05, 0) is 0 Å². The molecule has 0 saturated heterocycles. The van der Waals surface area contributed by atoms with Crippen LogP contribution in [0.5, 0.6) is 0 Å². The van der Waals surface area contributed by atoms with E-state index in [-0.39, 0.29) is 6.42 Å². The number of aliphatic hydroxyl groups is 2. The molecule has 0 aromatic carbocycles. The third-order valence-corrected chi connectivity index (χ3v) is 1.42. The molecule has 0 fully saturated rings. The van der Waals surface area contributed by atoms with E-state index in [1.807, 2.05) is 0 Å². The van der Waals surface area contributed by atoms with Crippen molar-refractivity contribution in [2.24, 2.45) is 5.41 Å². The summed E-state index contributed by atoms with van der Waals surface area (Å²) in [6, 6.07) is 0. The molecular weight excluding hydrogens is 155 g/mol. The van der Waals surface area contributed by atoms with Crippen molar-refractivity contribution >= 4 is 5.97 Å². The van der Waals surface area contributed by atoms with Crippen LogP contribution in [0, 0.1) is 5.41 Å². The molecule has 0 aromatic rings. The van der Waals surface area contributed by atoms with Crippen molar-refractivity contribution in [3.8, 4) is 0 Å². The van der Waals surface area contributed by atoms with E-state index in [1.54, 1.807) is 0 Å². The second-order valence-electron chi connectivity index (χ2n) is 2.75. The fraction of sp³-hybridized carbons (Fsp3) is 0.833. The van der Waals surface area contributed by atoms with E-state index in [0.29, 0.717) is 0 Å². The van der Waals surface area contributed by atoms with Gasteiger partial charge in [0.25, 0.3) is 0 Å². The van der Waals surface area contributed by atoms with Gasteiger partial charge in [-0.2, -0.15) is 0 Å². The lowest BCUT2D eigenvalue weighted by molar-refractivity contribution is -0.187. The van der Waals surface area contributed by atoms with Gasteiger partial charge in [-0.15, -0.1) is 0 Å². The first-order chi connectivity index (χ1) is 5.08. The fourth-order valence-electron chi connectivity index (χ4n) is 0.538. The maximum absolute atomic E-state index is 11.2. The molecule has 66 valence electrons. The van der Waals surface area contributed by atoms with Gasteiger partial charge in [0.05, 0.1) is 19.6 Å². The summed E-state index contributed by atoms with van der Waals surface area (Å²) in [5.74, 6) is -1.09. The van der Waals surface area contributed by atoms with Gasteiger partial charge in [0.15, 0.2) is 0 Å². The maximum Gasteiger partial charge on any atom is 0.349 e. The highest BCUT2D eigenvalue weighted by Crippen LogP contribution is 2.19. The molecule has 0 bridgehead atoms. The van der Waals surface area contributed by atoms with E-state index in [4.69, 9.17) is 10.2 Å². The molecule has 0 radical (unpaired) electrons. The van der Waals surface area contributed by atoms with Gasteiger partial charge in [-0.1, -0.05) is 6.92 Å². The summed E-state index contributed by atoms with van der Waals surface area (Å²) in [5, 5.41) is 17.3. The predicted molar refractivity (Wildman–Crippen MR) is 34.1 cm³/mol. The lowest BCUT2D eigenvalue weighted by atomic mass is 9.89. The third kappa shape index (κ3) is 3.29. The van der Waals surface area contributed by atoms with Crippen LogP contribution >= 0.6 is 0 Å². The molecule has 2 N–H and O–H groups in total. The van der Waals surface area contributed by atoms with E-state index < -0.39 is 24.6 Å². The van der Waals surface area contributed by atoms with Crippen molar-refractivity contribution in [2.75, 3.05) is 13.2 Å². The molecule has 0 amide bonds. The van der Waals surface area contributed by atoms with E-state index in [2.05, 4.69) is 4.94 Å². The van der Waals surface area contributed by atoms with Crippen molar-refractivity contribution < 1.29 is 24.5 Å². The van der Waals surface area contributed by atoms with Crippen LogP contribution in [0.15, 0.2) is 0 Å². The topological polar surface area (TPSA) is 66.8 Å². The van der Waals surface area contributed by atoms with Crippen molar-refractivity contribution in [1.29, 1.82) is 0 Å². The van der Waals surface area contributed by atoms with Crippen LogP contribution in [-0.4, -0.2) is 29.4 Å². The number of carbonyl (C=O) groups is 1. The summed E-state index contributed by atoms with van der Waals surface area (Å²) in [6.45, 7) is 0.668. The second kappa shape index (κ2) is 4.25. The normalized spacial score (nSPS) is 11.3. The zero-order valence-electron chi connectivity index (χ0n) is 6.21. The van der Waals surface area contributed by atoms with Crippen LogP contribution in [0.25, 0.3) is 0 Å². The fourth-order valence-corrected chi connectivity index (χ4v) is 0.538. The van der Waals surface area contributed by atoms with Gasteiger partial charge in [0.1, 0.15) is 0 Å². The number of halogens is 1. The van der Waals surface area contributed by atoms with Gasteiger partial charge >= 0.3 is 5.97 Å². The summed E-state index contributed by atoms with van der Waals surface area (Å²) in [7, 11) is 0. The molecule has 0 aliphatic heterocycles. The van der Waals surface area contributed by atoms with E-state index >= 15 is 0 Å². The van der Waals surface area contributed by atoms with Gasteiger partial charge < -0.3 is 10.2 Å². The molecule has 0 unspecified atom stereocenters. The van der Waals surface area contributed by atoms with Gasteiger partial charge in [-0.25, -0.2) is 4.79 Å². The van der Waals surface area contributed by atoms with Crippen LogP contribution in [0.4, 0.5) is 4.53 Å². The largest absolute Gasteiger partial charge is 0.396 e. The summed E-state index contributed by atoms with van der Waals surface area (Å²) in [4.78, 5) is 13.2. The minimum atomic E-state index is -1.09. The Labute approximate surface area is 63.5 Å². The number of aliphatic hydroxyl groups excluding tert-OH is 2. The van der Waals surface area contributed by atoms with Crippen LogP contribution in [-0.2, 0) is 9.74 Å². The van der Waals surface area contributed by atoms with E-state index in [9.17, 15) is 9.32 Å². The van der Waals surface area contributed by atoms with Gasteiger partial charge in [-0.3, -0.25) is 4.94 Å². The Morgan fingerprint density at radius 2 is 2.00 bits per heavy atom. The molecular formula is C6H11FO4. The quantitative estimate of drug-likeness (QED) is 0.606. The molecule has 11 heavy (non-hydrogen) atoms. The van der Waals surface area contributed by atoms with Gasteiger partial charge in [0, 0.05) is 9.94 Å². The Hall–Kier alpha value is -0.680. The molecule has 0 aliphatic rings. The molecule has 0 atom stereocenters. The SMILES string of the molecule is CC(CO)(CO)CC(=O)OF. The van der Waals surface area contributed by atoms with Crippen molar-refractivity contribution in [1.82, 2.24) is 0 Å². The monoisotopic (exact) mass is 166 g/mol. The lowest BCUT2D eigenvalue weighted by Gasteiger charge is -2.21. The highest BCUT2D eigenvalue weighted by atomic mass is 19.3. The Morgan fingerprint density at radius 3 is 2.27 bits per heavy atom. The minimum Gasteiger partial charge on any atom is -0.396 e. The lowest BCUT2D eigenvalue weighted by Crippen LogP contribution is -2.29. The molecule has 0 saturated carbocycles. The van der Waals surface area contributed by atoms with E-state index in [1.165, 1.54) is 6.92 Å². The Kier molecular flexibility index (Phi) is 3.99. The third-order valence-electron chi connectivity index (χ3n) is 1.42. The smallest absolute Gasteiger partial charge is 0.349 e. The number of hydrogen-bond acceptors (Lipinski definition) is 4. The summed E-state index contributed by atoms with van der Waals surface area (Å²) >= 11 is 0. The minimum absolute atomic E-state index is 0.337. The van der Waals surface area contributed by atoms with Crippen LogP contribution in [0.3, 0.4) is 0 Å². The van der Waals surface area contributed by atoms with Crippen molar-refractivity contribution in [3.05, 3.63) is 0 Å². The Balaban J connectivity index is 3.96. The number of carbonyl (C=O) groups excluding carboxylic acids is 1. The zero-order valence-corrected chi connectivity index (χ0v) is 6.21. The molecule has 0 spiro atoms. The molecule has 0 rings (SSSR count). The van der Waals surface area contributed by atoms with Crippen LogP contribution < -0.4 is 0 Å².